The Morgan fingerprint density at radius 1 is 0.920 bits per heavy atom. The second kappa shape index (κ2) is 7.77. The van der Waals surface area contributed by atoms with E-state index in [-0.39, 0.29) is 11.7 Å². The van der Waals surface area contributed by atoms with Gasteiger partial charge in [0.1, 0.15) is 0 Å². The topological polar surface area (TPSA) is 58.2 Å². The number of para-hydroxylation sites is 1. The van der Waals surface area contributed by atoms with Crippen LogP contribution in [0.4, 0.5) is 5.69 Å². The van der Waals surface area contributed by atoms with Crippen LogP contribution >= 0.6 is 11.3 Å². The van der Waals surface area contributed by atoms with Gasteiger partial charge in [-0.1, -0.05) is 54.6 Å². The first-order valence-electron chi connectivity index (χ1n) is 7.91. The van der Waals surface area contributed by atoms with Crippen LogP contribution in [0.15, 0.2) is 72.1 Å². The number of rotatable bonds is 6. The molecule has 126 valence electrons. The maximum atomic E-state index is 12.9. The molecule has 1 aromatic heterocycles. The predicted molar refractivity (Wildman–Crippen MR) is 101 cm³/mol. The van der Waals surface area contributed by atoms with Crippen LogP contribution in [0, 0.1) is 6.92 Å². The summed E-state index contributed by atoms with van der Waals surface area (Å²) in [6.07, 6.45) is -0.849. The fourth-order valence-corrected chi connectivity index (χ4v) is 3.06. The summed E-state index contributed by atoms with van der Waals surface area (Å²) in [5.74, 6) is -0.459. The van der Waals surface area contributed by atoms with Gasteiger partial charge in [0.05, 0.1) is 4.88 Å². The predicted octanol–water partition coefficient (Wildman–Crippen LogP) is 4.11. The maximum Gasteiger partial charge on any atom is 0.263 e. The molecule has 0 aliphatic heterocycles. The third kappa shape index (κ3) is 4.14. The molecule has 0 bridgehead atoms. The number of Topliss-reactive ketones (excluding diaryl/α,β-unsaturated/α-hetero) is 1. The van der Waals surface area contributed by atoms with Gasteiger partial charge in [0.2, 0.25) is 5.78 Å². The lowest BCUT2D eigenvalue weighted by Gasteiger charge is -2.21. The number of nitrogens with one attached hydrogen (secondary N) is 2. The zero-order valence-corrected chi connectivity index (χ0v) is 14.5. The molecule has 0 aliphatic carbocycles. The lowest BCUT2D eigenvalue weighted by atomic mass is 10.1. The largest absolute Gasteiger partial charge is 0.359 e. The van der Waals surface area contributed by atoms with E-state index in [1.165, 1.54) is 11.3 Å². The normalized spacial score (nSPS) is 11.6. The molecule has 0 fully saturated rings. The van der Waals surface area contributed by atoms with Gasteiger partial charge in [-0.3, -0.25) is 9.59 Å². The minimum absolute atomic E-state index is 0.186. The molecule has 2 N–H and O–H groups in total. The summed E-state index contributed by atoms with van der Waals surface area (Å²) < 4.78 is 0. The van der Waals surface area contributed by atoms with Crippen molar-refractivity contribution in [3.8, 4) is 0 Å². The van der Waals surface area contributed by atoms with Crippen LogP contribution in [-0.2, 0) is 0 Å². The minimum atomic E-state index is -0.849. The Labute approximate surface area is 150 Å². The smallest absolute Gasteiger partial charge is 0.263 e. The van der Waals surface area contributed by atoms with E-state index < -0.39 is 6.17 Å². The molecule has 25 heavy (non-hydrogen) atoms. The summed E-state index contributed by atoms with van der Waals surface area (Å²) in [5.41, 5.74) is 2.35. The van der Waals surface area contributed by atoms with Crippen molar-refractivity contribution in [2.75, 3.05) is 5.32 Å². The van der Waals surface area contributed by atoms with E-state index in [1.807, 2.05) is 48.7 Å². The molecule has 1 unspecified atom stereocenters. The number of benzene rings is 2. The van der Waals surface area contributed by atoms with Crippen molar-refractivity contribution >= 4 is 28.7 Å². The van der Waals surface area contributed by atoms with E-state index >= 15 is 0 Å². The molecule has 1 heterocycles. The molecular formula is C20H18N2O2S. The summed E-state index contributed by atoms with van der Waals surface area (Å²) in [4.78, 5) is 25.9. The van der Waals surface area contributed by atoms with E-state index in [0.717, 1.165) is 11.3 Å². The molecule has 2 aromatic carbocycles. The summed E-state index contributed by atoms with van der Waals surface area (Å²) in [6.45, 7) is 1.95. The summed E-state index contributed by atoms with van der Waals surface area (Å²) >= 11 is 1.34. The van der Waals surface area contributed by atoms with Gasteiger partial charge in [-0.25, -0.2) is 0 Å². The first-order chi connectivity index (χ1) is 12.1. The van der Waals surface area contributed by atoms with E-state index in [9.17, 15) is 9.59 Å². The summed E-state index contributed by atoms with van der Waals surface area (Å²) in [6, 6.07) is 20.1. The van der Waals surface area contributed by atoms with Crippen molar-refractivity contribution < 1.29 is 9.59 Å². The molecule has 1 amide bonds. The van der Waals surface area contributed by atoms with E-state index in [2.05, 4.69) is 10.6 Å². The van der Waals surface area contributed by atoms with E-state index in [0.29, 0.717) is 10.4 Å². The molecule has 0 radical (unpaired) electrons. The van der Waals surface area contributed by atoms with Crippen molar-refractivity contribution in [1.82, 2.24) is 5.32 Å². The number of carbonyl (C=O) groups is 2. The number of hydrogen-bond donors (Lipinski definition) is 2. The van der Waals surface area contributed by atoms with Crippen LogP contribution in [0.2, 0.25) is 0 Å². The van der Waals surface area contributed by atoms with Crippen molar-refractivity contribution in [1.29, 1.82) is 0 Å². The van der Waals surface area contributed by atoms with Crippen LogP contribution < -0.4 is 10.6 Å². The number of hydrogen-bond acceptors (Lipinski definition) is 4. The highest BCUT2D eigenvalue weighted by molar-refractivity contribution is 7.12. The summed E-state index contributed by atoms with van der Waals surface area (Å²) in [5, 5.41) is 7.80. The monoisotopic (exact) mass is 350 g/mol. The van der Waals surface area contributed by atoms with Crippen LogP contribution in [0.3, 0.4) is 0 Å². The van der Waals surface area contributed by atoms with Crippen LogP contribution in [-0.4, -0.2) is 17.9 Å². The first-order valence-corrected chi connectivity index (χ1v) is 8.79. The molecule has 0 saturated carbocycles. The van der Waals surface area contributed by atoms with Gasteiger partial charge in [-0.05, 0) is 30.0 Å². The van der Waals surface area contributed by atoms with Gasteiger partial charge >= 0.3 is 0 Å². The number of aryl methyl sites for hydroxylation is 1. The Bertz CT molecular complexity index is 860. The Hall–Kier alpha value is -2.92. The van der Waals surface area contributed by atoms with Gasteiger partial charge in [-0.15, -0.1) is 11.3 Å². The highest BCUT2D eigenvalue weighted by Crippen LogP contribution is 2.16. The van der Waals surface area contributed by atoms with Crippen molar-refractivity contribution in [2.45, 2.75) is 13.1 Å². The molecule has 4 nitrogen and oxygen atoms in total. The fraction of sp³-hybridized carbons (Fsp3) is 0.100. The van der Waals surface area contributed by atoms with Crippen LogP contribution in [0.5, 0.6) is 0 Å². The number of ketones is 1. The Morgan fingerprint density at radius 2 is 1.64 bits per heavy atom. The number of thiophene rings is 1. The molecule has 3 rings (SSSR count). The minimum Gasteiger partial charge on any atom is -0.359 e. The van der Waals surface area contributed by atoms with Crippen LogP contribution in [0.1, 0.15) is 25.6 Å². The fourth-order valence-electron chi connectivity index (χ4n) is 2.44. The second-order valence-electron chi connectivity index (χ2n) is 5.57. The average molecular weight is 350 g/mol. The van der Waals surface area contributed by atoms with Crippen LogP contribution in [0.25, 0.3) is 0 Å². The van der Waals surface area contributed by atoms with E-state index in [4.69, 9.17) is 0 Å². The van der Waals surface area contributed by atoms with Gasteiger partial charge < -0.3 is 10.6 Å². The first kappa shape index (κ1) is 16.9. The van der Waals surface area contributed by atoms with Gasteiger partial charge in [0.15, 0.2) is 6.17 Å². The highest BCUT2D eigenvalue weighted by Gasteiger charge is 2.23. The lowest BCUT2D eigenvalue weighted by molar-refractivity contribution is 0.0872. The molecular weight excluding hydrogens is 332 g/mol. The Morgan fingerprint density at radius 3 is 2.32 bits per heavy atom. The summed E-state index contributed by atoms with van der Waals surface area (Å²) in [7, 11) is 0. The van der Waals surface area contributed by atoms with Gasteiger partial charge in [0, 0.05) is 11.3 Å². The van der Waals surface area contributed by atoms with Gasteiger partial charge in [-0.2, -0.15) is 0 Å². The molecule has 1 atom stereocenters. The number of anilines is 1. The quantitative estimate of drug-likeness (QED) is 0.520. The zero-order chi connectivity index (χ0) is 17.6. The standard InChI is InChI=1S/C20H18N2O2S/c1-14-8-5-6-11-16(14)21-19(18(23)15-9-3-2-4-10-15)22-20(24)17-12-7-13-25-17/h2-13,19,21H,1H3,(H,22,24). The van der Waals surface area contributed by atoms with Crippen molar-refractivity contribution in [3.05, 3.63) is 88.1 Å². The van der Waals surface area contributed by atoms with Gasteiger partial charge in [0.25, 0.3) is 5.91 Å². The Balaban J connectivity index is 1.86. The third-order valence-electron chi connectivity index (χ3n) is 3.79. The van der Waals surface area contributed by atoms with Crippen molar-refractivity contribution in [2.24, 2.45) is 0 Å². The van der Waals surface area contributed by atoms with Crippen molar-refractivity contribution in [3.63, 3.8) is 0 Å². The molecule has 0 spiro atoms. The second-order valence-corrected chi connectivity index (χ2v) is 6.52. The number of amides is 1. The SMILES string of the molecule is Cc1ccccc1NC(NC(=O)c1cccs1)C(=O)c1ccccc1. The molecule has 3 aromatic rings. The Kier molecular flexibility index (Phi) is 5.26. The molecule has 5 heteroatoms. The third-order valence-corrected chi connectivity index (χ3v) is 4.65. The highest BCUT2D eigenvalue weighted by atomic mass is 32.1. The van der Waals surface area contributed by atoms with E-state index in [1.54, 1.807) is 30.3 Å². The maximum absolute atomic E-state index is 12.9. The number of carbonyl (C=O) groups excluding carboxylic acids is 2. The molecule has 0 saturated heterocycles. The molecule has 0 aliphatic rings. The average Bonchev–Trinajstić information content (AvgIpc) is 3.18. The zero-order valence-electron chi connectivity index (χ0n) is 13.7. The lowest BCUT2D eigenvalue weighted by Crippen LogP contribution is -2.46.